The van der Waals surface area contributed by atoms with Gasteiger partial charge in [-0.25, -0.2) is 9.18 Å². The molecular formula is C12H17FN2O2. The minimum Gasteiger partial charge on any atom is -0.395 e. The van der Waals surface area contributed by atoms with Gasteiger partial charge in [0.25, 0.3) is 0 Å². The summed E-state index contributed by atoms with van der Waals surface area (Å²) < 4.78 is 13.0. The van der Waals surface area contributed by atoms with Crippen LogP contribution in [0, 0.1) is 12.7 Å². The molecule has 1 rings (SSSR count). The summed E-state index contributed by atoms with van der Waals surface area (Å²) in [7, 11) is 1.60. The Morgan fingerprint density at radius 3 is 2.82 bits per heavy atom. The fourth-order valence-electron chi connectivity index (χ4n) is 1.38. The fraction of sp³-hybridized carbons (Fsp3) is 0.417. The van der Waals surface area contributed by atoms with E-state index in [4.69, 9.17) is 5.11 Å². The molecule has 4 nitrogen and oxygen atoms in total. The van der Waals surface area contributed by atoms with E-state index < -0.39 is 0 Å². The minimum atomic E-state index is -0.263. The van der Waals surface area contributed by atoms with Gasteiger partial charge in [-0.2, -0.15) is 0 Å². The van der Waals surface area contributed by atoms with Crippen LogP contribution in [0.5, 0.6) is 0 Å². The SMILES string of the molecule is Cc1cc(CNC(=O)N(C)CCO)ccc1F. The predicted octanol–water partition coefficient (Wildman–Crippen LogP) is 1.27. The van der Waals surface area contributed by atoms with E-state index in [0.717, 1.165) is 5.56 Å². The number of nitrogens with one attached hydrogen (secondary N) is 1. The Labute approximate surface area is 100 Å². The second-order valence-corrected chi connectivity index (χ2v) is 3.89. The van der Waals surface area contributed by atoms with E-state index in [0.29, 0.717) is 12.1 Å². The highest BCUT2D eigenvalue weighted by Gasteiger charge is 2.07. The lowest BCUT2D eigenvalue weighted by Crippen LogP contribution is -2.38. The van der Waals surface area contributed by atoms with Gasteiger partial charge in [0.2, 0.25) is 0 Å². The van der Waals surface area contributed by atoms with Crippen molar-refractivity contribution < 1.29 is 14.3 Å². The van der Waals surface area contributed by atoms with Crippen LogP contribution >= 0.6 is 0 Å². The topological polar surface area (TPSA) is 52.6 Å². The number of aliphatic hydroxyl groups is 1. The smallest absolute Gasteiger partial charge is 0.317 e. The molecule has 17 heavy (non-hydrogen) atoms. The molecular weight excluding hydrogens is 223 g/mol. The molecule has 2 amide bonds. The van der Waals surface area contributed by atoms with Gasteiger partial charge in [-0.1, -0.05) is 12.1 Å². The molecule has 2 N–H and O–H groups in total. The third-order valence-corrected chi connectivity index (χ3v) is 2.45. The number of rotatable bonds is 4. The number of amides is 2. The molecule has 0 saturated carbocycles. The van der Waals surface area contributed by atoms with Crippen LogP contribution in [0.2, 0.25) is 0 Å². The zero-order chi connectivity index (χ0) is 12.8. The molecule has 0 aliphatic carbocycles. The number of likely N-dealkylation sites (N-methyl/N-ethyl adjacent to an activating group) is 1. The number of urea groups is 1. The lowest BCUT2D eigenvalue weighted by molar-refractivity contribution is 0.190. The van der Waals surface area contributed by atoms with E-state index in [1.807, 2.05) is 0 Å². The largest absolute Gasteiger partial charge is 0.395 e. The first kappa shape index (κ1) is 13.4. The number of aryl methyl sites for hydroxylation is 1. The number of carbonyl (C=O) groups excluding carboxylic acids is 1. The standard InChI is InChI=1S/C12H17FN2O2/c1-9-7-10(3-4-11(9)13)8-14-12(17)15(2)5-6-16/h3-4,7,16H,5-6,8H2,1-2H3,(H,14,17). The van der Waals surface area contributed by atoms with Crippen molar-refractivity contribution in [1.29, 1.82) is 0 Å². The first-order valence-electron chi connectivity index (χ1n) is 5.39. The van der Waals surface area contributed by atoms with Crippen LogP contribution in [-0.4, -0.2) is 36.2 Å². The molecule has 0 heterocycles. The Hall–Kier alpha value is -1.62. The quantitative estimate of drug-likeness (QED) is 0.832. The maximum Gasteiger partial charge on any atom is 0.317 e. The van der Waals surface area contributed by atoms with Crippen LogP contribution in [0.1, 0.15) is 11.1 Å². The highest BCUT2D eigenvalue weighted by molar-refractivity contribution is 5.73. The van der Waals surface area contributed by atoms with E-state index in [2.05, 4.69) is 5.32 Å². The number of aliphatic hydroxyl groups excluding tert-OH is 1. The second-order valence-electron chi connectivity index (χ2n) is 3.89. The van der Waals surface area contributed by atoms with Crippen molar-refractivity contribution in [3.63, 3.8) is 0 Å². The Morgan fingerprint density at radius 1 is 1.53 bits per heavy atom. The van der Waals surface area contributed by atoms with Gasteiger partial charge in [-0.3, -0.25) is 0 Å². The molecule has 0 saturated heterocycles. The van der Waals surface area contributed by atoms with E-state index in [9.17, 15) is 9.18 Å². The number of hydrogen-bond acceptors (Lipinski definition) is 2. The summed E-state index contributed by atoms with van der Waals surface area (Å²) in [5.74, 6) is -0.252. The summed E-state index contributed by atoms with van der Waals surface area (Å²) in [4.78, 5) is 12.9. The van der Waals surface area contributed by atoms with Crippen LogP contribution in [-0.2, 0) is 6.54 Å². The van der Waals surface area contributed by atoms with Crippen LogP contribution in [0.15, 0.2) is 18.2 Å². The van der Waals surface area contributed by atoms with Crippen molar-refractivity contribution in [3.05, 3.63) is 35.1 Å². The normalized spacial score (nSPS) is 10.1. The van der Waals surface area contributed by atoms with Crippen molar-refractivity contribution in [2.45, 2.75) is 13.5 Å². The fourth-order valence-corrected chi connectivity index (χ4v) is 1.38. The van der Waals surface area contributed by atoms with Gasteiger partial charge in [-0.05, 0) is 24.1 Å². The van der Waals surface area contributed by atoms with Crippen LogP contribution in [0.25, 0.3) is 0 Å². The number of nitrogens with zero attached hydrogens (tertiary/aromatic N) is 1. The molecule has 0 aromatic heterocycles. The van der Waals surface area contributed by atoms with Gasteiger partial charge in [0.1, 0.15) is 5.82 Å². The van der Waals surface area contributed by atoms with Crippen molar-refractivity contribution in [2.24, 2.45) is 0 Å². The summed E-state index contributed by atoms with van der Waals surface area (Å²) in [6.07, 6.45) is 0. The highest BCUT2D eigenvalue weighted by Crippen LogP contribution is 2.08. The molecule has 0 aliphatic heterocycles. The molecule has 0 atom stereocenters. The second kappa shape index (κ2) is 6.20. The number of carbonyl (C=O) groups is 1. The van der Waals surface area contributed by atoms with Crippen LogP contribution in [0.4, 0.5) is 9.18 Å². The maximum absolute atomic E-state index is 13.0. The van der Waals surface area contributed by atoms with Crippen LogP contribution in [0.3, 0.4) is 0 Å². The predicted molar refractivity (Wildman–Crippen MR) is 63.1 cm³/mol. The first-order chi connectivity index (χ1) is 8.04. The highest BCUT2D eigenvalue weighted by atomic mass is 19.1. The third-order valence-electron chi connectivity index (χ3n) is 2.45. The monoisotopic (exact) mass is 240 g/mol. The third kappa shape index (κ3) is 4.03. The molecule has 0 radical (unpaired) electrons. The Kier molecular flexibility index (Phi) is 4.90. The zero-order valence-electron chi connectivity index (χ0n) is 10.0. The molecule has 0 aliphatic rings. The molecule has 0 bridgehead atoms. The number of hydrogen-bond donors (Lipinski definition) is 2. The minimum absolute atomic E-state index is 0.0699. The molecule has 5 heteroatoms. The lowest BCUT2D eigenvalue weighted by Gasteiger charge is -2.16. The van der Waals surface area contributed by atoms with Crippen molar-refractivity contribution in [2.75, 3.05) is 20.2 Å². The molecule has 94 valence electrons. The number of benzene rings is 1. The van der Waals surface area contributed by atoms with E-state index in [1.165, 1.54) is 11.0 Å². The maximum atomic E-state index is 13.0. The van der Waals surface area contributed by atoms with E-state index in [1.54, 1.807) is 26.1 Å². The molecule has 1 aromatic rings. The van der Waals surface area contributed by atoms with E-state index >= 15 is 0 Å². The number of halogens is 1. The summed E-state index contributed by atoms with van der Waals surface area (Å²) in [6, 6.07) is 4.45. The summed E-state index contributed by atoms with van der Waals surface area (Å²) in [6.45, 7) is 2.24. The van der Waals surface area contributed by atoms with Gasteiger partial charge in [0.15, 0.2) is 0 Å². The average Bonchev–Trinajstić information content (AvgIpc) is 2.30. The van der Waals surface area contributed by atoms with Gasteiger partial charge in [0, 0.05) is 20.1 Å². The van der Waals surface area contributed by atoms with Gasteiger partial charge < -0.3 is 15.3 Å². The van der Waals surface area contributed by atoms with Gasteiger partial charge >= 0.3 is 6.03 Å². The summed E-state index contributed by atoms with van der Waals surface area (Å²) in [5, 5.41) is 11.4. The van der Waals surface area contributed by atoms with Crippen molar-refractivity contribution >= 4 is 6.03 Å². The zero-order valence-corrected chi connectivity index (χ0v) is 10.0. The Bertz CT molecular complexity index is 396. The van der Waals surface area contributed by atoms with E-state index in [-0.39, 0.29) is 25.0 Å². The Balaban J connectivity index is 2.50. The first-order valence-corrected chi connectivity index (χ1v) is 5.39. The van der Waals surface area contributed by atoms with Crippen LogP contribution < -0.4 is 5.32 Å². The molecule has 0 spiro atoms. The molecule has 0 fully saturated rings. The average molecular weight is 240 g/mol. The molecule has 0 unspecified atom stereocenters. The van der Waals surface area contributed by atoms with Crippen molar-refractivity contribution in [1.82, 2.24) is 10.2 Å². The Morgan fingerprint density at radius 2 is 2.24 bits per heavy atom. The van der Waals surface area contributed by atoms with Gasteiger partial charge in [0.05, 0.1) is 6.61 Å². The summed E-state index contributed by atoms with van der Waals surface area (Å²) >= 11 is 0. The summed E-state index contributed by atoms with van der Waals surface area (Å²) in [5.41, 5.74) is 1.40. The molecule has 1 aromatic carbocycles. The van der Waals surface area contributed by atoms with Crippen molar-refractivity contribution in [3.8, 4) is 0 Å². The van der Waals surface area contributed by atoms with Gasteiger partial charge in [-0.15, -0.1) is 0 Å². The lowest BCUT2D eigenvalue weighted by atomic mass is 10.1.